The molecule has 2 aliphatic heterocycles. The number of nitrogens with zero attached hydrogens (tertiary/aromatic N) is 2. The van der Waals surface area contributed by atoms with Gasteiger partial charge in [0, 0.05) is 41.1 Å². The van der Waals surface area contributed by atoms with Crippen LogP contribution in [-0.2, 0) is 10.8 Å². The predicted molar refractivity (Wildman–Crippen MR) is 162 cm³/mol. The summed E-state index contributed by atoms with van der Waals surface area (Å²) in [7, 11) is 0. The summed E-state index contributed by atoms with van der Waals surface area (Å²) in [6.07, 6.45) is 15.0. The summed E-state index contributed by atoms with van der Waals surface area (Å²) in [4.78, 5) is 2.53. The van der Waals surface area contributed by atoms with Crippen molar-refractivity contribution in [3.63, 3.8) is 0 Å². The minimum atomic E-state index is 0.0274. The van der Waals surface area contributed by atoms with Crippen LogP contribution in [0, 0.1) is 5.92 Å². The van der Waals surface area contributed by atoms with Crippen molar-refractivity contribution < 1.29 is 4.58 Å². The van der Waals surface area contributed by atoms with Crippen molar-refractivity contribution in [2.75, 3.05) is 18.0 Å². The van der Waals surface area contributed by atoms with E-state index in [0.29, 0.717) is 5.92 Å². The van der Waals surface area contributed by atoms with E-state index in [0.717, 1.165) is 13.1 Å². The van der Waals surface area contributed by atoms with Crippen LogP contribution in [0.15, 0.2) is 95.3 Å². The second-order valence-corrected chi connectivity index (χ2v) is 12.5. The molecule has 2 heterocycles. The molecule has 38 heavy (non-hydrogen) atoms. The average Bonchev–Trinajstić information content (AvgIpc) is 3.27. The molecule has 0 radical (unpaired) electrons. The molecule has 2 aromatic carbocycles. The van der Waals surface area contributed by atoms with Gasteiger partial charge < -0.3 is 4.90 Å². The molecular weight excluding hydrogens is 460 g/mol. The summed E-state index contributed by atoms with van der Waals surface area (Å²) >= 11 is 0. The van der Waals surface area contributed by atoms with Crippen LogP contribution in [0.25, 0.3) is 0 Å². The molecule has 0 fully saturated rings. The monoisotopic (exact) mass is 503 g/mol. The van der Waals surface area contributed by atoms with E-state index in [-0.39, 0.29) is 10.8 Å². The van der Waals surface area contributed by atoms with Crippen molar-refractivity contribution in [3.05, 3.63) is 106 Å². The van der Waals surface area contributed by atoms with Gasteiger partial charge in [-0.15, -0.1) is 0 Å². The molecule has 0 N–H and O–H groups in total. The van der Waals surface area contributed by atoms with Crippen molar-refractivity contribution in [1.29, 1.82) is 0 Å². The van der Waals surface area contributed by atoms with Crippen LogP contribution < -0.4 is 4.90 Å². The second-order valence-electron chi connectivity index (χ2n) is 12.5. The third kappa shape index (κ3) is 3.87. The Bertz CT molecular complexity index is 1440. The molecule has 196 valence electrons. The van der Waals surface area contributed by atoms with Gasteiger partial charge in [0.2, 0.25) is 5.69 Å². The third-order valence-electron chi connectivity index (χ3n) is 9.61. The fourth-order valence-electron chi connectivity index (χ4n) is 7.47. The Morgan fingerprint density at radius 3 is 2.32 bits per heavy atom. The first-order valence-corrected chi connectivity index (χ1v) is 14.7. The van der Waals surface area contributed by atoms with E-state index in [1.54, 1.807) is 0 Å². The summed E-state index contributed by atoms with van der Waals surface area (Å²) in [5.41, 5.74) is 13.1. The summed E-state index contributed by atoms with van der Waals surface area (Å²) in [6, 6.07) is 17.9. The van der Waals surface area contributed by atoms with Gasteiger partial charge in [0.05, 0.1) is 5.41 Å². The van der Waals surface area contributed by atoms with Gasteiger partial charge in [-0.1, -0.05) is 62.4 Å². The third-order valence-corrected chi connectivity index (χ3v) is 9.61. The molecule has 0 spiro atoms. The van der Waals surface area contributed by atoms with Crippen molar-refractivity contribution >= 4 is 17.1 Å². The standard InChI is InChI=1S/C36H43N2/c1-7-37-31-15-11-9-13-29(31)35(3,4)33(37)23-25-17-19-27-20-18-26(22-28(27)21-25)24-34-36(5,6)30-14-10-12-16-32(30)38(34)8-2/h9-16,21-24,27H,7-8,17-20H2,1-6H3/q+1. The lowest BCUT2D eigenvalue weighted by atomic mass is 9.75. The molecular formula is C36H43N2+. The van der Waals surface area contributed by atoms with Crippen LogP contribution in [0.1, 0.15) is 78.4 Å². The fraction of sp³-hybridized carbons (Fsp3) is 0.417. The SMILES string of the molecule is CCN1C(=CC2=CC3=CC(=CC4=[N+](CC)c5ccccc5C4(C)C)CCC3CC2)C(C)(C)c2ccccc21. The smallest absolute Gasteiger partial charge is 0.209 e. The highest BCUT2D eigenvalue weighted by Crippen LogP contribution is 2.49. The second kappa shape index (κ2) is 9.26. The molecule has 0 aromatic heterocycles. The molecule has 6 rings (SSSR count). The lowest BCUT2D eigenvalue weighted by Crippen LogP contribution is -2.28. The van der Waals surface area contributed by atoms with Gasteiger partial charge in [-0.25, -0.2) is 0 Å². The van der Waals surface area contributed by atoms with E-state index in [9.17, 15) is 0 Å². The molecule has 2 aromatic rings. The highest BCUT2D eigenvalue weighted by atomic mass is 15.2. The van der Waals surface area contributed by atoms with Crippen LogP contribution in [0.3, 0.4) is 0 Å². The van der Waals surface area contributed by atoms with Crippen LogP contribution >= 0.6 is 0 Å². The van der Waals surface area contributed by atoms with Gasteiger partial charge in [0.15, 0.2) is 5.71 Å². The number of allylic oxidation sites excluding steroid dienone is 8. The Hall–Kier alpha value is -3.13. The molecule has 2 aliphatic carbocycles. The Balaban J connectivity index is 1.36. The van der Waals surface area contributed by atoms with Crippen LogP contribution in [0.2, 0.25) is 0 Å². The minimum Gasteiger partial charge on any atom is -0.344 e. The first-order chi connectivity index (χ1) is 18.3. The topological polar surface area (TPSA) is 6.25 Å². The Labute approximate surface area is 229 Å². The Kier molecular flexibility index (Phi) is 6.13. The van der Waals surface area contributed by atoms with E-state index in [4.69, 9.17) is 0 Å². The number of para-hydroxylation sites is 2. The summed E-state index contributed by atoms with van der Waals surface area (Å²) < 4.78 is 2.53. The van der Waals surface area contributed by atoms with Crippen molar-refractivity contribution in [2.24, 2.45) is 5.92 Å². The fourth-order valence-corrected chi connectivity index (χ4v) is 7.47. The van der Waals surface area contributed by atoms with Crippen LogP contribution in [-0.4, -0.2) is 23.4 Å². The van der Waals surface area contributed by atoms with E-state index >= 15 is 0 Å². The average molecular weight is 504 g/mol. The number of anilines is 1. The van der Waals surface area contributed by atoms with Crippen molar-refractivity contribution in [2.45, 2.75) is 78.1 Å². The number of hydrogen-bond acceptors (Lipinski definition) is 1. The van der Waals surface area contributed by atoms with Crippen molar-refractivity contribution in [1.82, 2.24) is 0 Å². The lowest BCUT2D eigenvalue weighted by Gasteiger charge is -2.30. The molecule has 0 saturated carbocycles. The summed E-state index contributed by atoms with van der Waals surface area (Å²) in [5, 5.41) is 0. The highest BCUT2D eigenvalue weighted by Gasteiger charge is 2.44. The van der Waals surface area contributed by atoms with E-state index in [1.807, 2.05) is 0 Å². The zero-order chi connectivity index (χ0) is 26.7. The minimum absolute atomic E-state index is 0.0274. The van der Waals surface area contributed by atoms with Gasteiger partial charge in [-0.05, 0) is 93.7 Å². The number of hydrogen-bond donors (Lipinski definition) is 0. The Morgan fingerprint density at radius 2 is 1.55 bits per heavy atom. The lowest BCUT2D eigenvalue weighted by molar-refractivity contribution is -0.433. The van der Waals surface area contributed by atoms with Crippen LogP contribution in [0.4, 0.5) is 11.4 Å². The van der Waals surface area contributed by atoms with Crippen LogP contribution in [0.5, 0.6) is 0 Å². The van der Waals surface area contributed by atoms with E-state index in [1.165, 1.54) is 76.3 Å². The first-order valence-electron chi connectivity index (χ1n) is 14.7. The van der Waals surface area contributed by atoms with Crippen molar-refractivity contribution in [3.8, 4) is 0 Å². The summed E-state index contributed by atoms with van der Waals surface area (Å²) in [5.74, 6) is 0.700. The van der Waals surface area contributed by atoms with E-state index in [2.05, 4.69) is 124 Å². The zero-order valence-corrected chi connectivity index (χ0v) is 24.1. The number of rotatable bonds is 4. The molecule has 0 bridgehead atoms. The molecule has 1 unspecified atom stereocenters. The number of likely N-dealkylation sites (N-methyl/N-ethyl adjacent to an activating group) is 1. The Morgan fingerprint density at radius 1 is 0.842 bits per heavy atom. The van der Waals surface area contributed by atoms with Gasteiger partial charge >= 0.3 is 0 Å². The molecule has 2 heteroatoms. The zero-order valence-electron chi connectivity index (χ0n) is 24.1. The molecule has 4 aliphatic rings. The maximum Gasteiger partial charge on any atom is 0.209 e. The normalized spacial score (nSPS) is 25.3. The predicted octanol–water partition coefficient (Wildman–Crippen LogP) is 8.77. The maximum absolute atomic E-state index is 2.53. The van der Waals surface area contributed by atoms with Gasteiger partial charge in [0.25, 0.3) is 0 Å². The van der Waals surface area contributed by atoms with Gasteiger partial charge in [-0.3, -0.25) is 0 Å². The van der Waals surface area contributed by atoms with Gasteiger partial charge in [-0.2, -0.15) is 4.58 Å². The van der Waals surface area contributed by atoms with E-state index < -0.39 is 0 Å². The molecule has 2 nitrogen and oxygen atoms in total. The molecule has 1 atom stereocenters. The quantitative estimate of drug-likeness (QED) is 0.378. The first kappa shape index (κ1) is 25.2. The highest BCUT2D eigenvalue weighted by molar-refractivity contribution is 6.03. The number of benzene rings is 2. The van der Waals surface area contributed by atoms with Gasteiger partial charge in [0.1, 0.15) is 6.54 Å². The maximum atomic E-state index is 2.53. The largest absolute Gasteiger partial charge is 0.344 e. The molecule has 0 amide bonds. The number of fused-ring (bicyclic) bond motifs is 3. The summed E-state index contributed by atoms with van der Waals surface area (Å²) in [6.45, 7) is 16.1. The molecule has 0 saturated heterocycles.